The first kappa shape index (κ1) is 10.3. The maximum atomic E-state index is 5.39. The third-order valence-electron chi connectivity index (χ3n) is 2.07. The van der Waals surface area contributed by atoms with Crippen molar-refractivity contribution in [3.8, 4) is 11.4 Å². The van der Waals surface area contributed by atoms with E-state index in [1.54, 1.807) is 0 Å². The number of nitrogens with zero attached hydrogens (tertiary/aromatic N) is 2. The van der Waals surface area contributed by atoms with Crippen molar-refractivity contribution in [3.63, 3.8) is 0 Å². The molecule has 0 radical (unpaired) electrons. The van der Waals surface area contributed by atoms with E-state index >= 15 is 0 Å². The van der Waals surface area contributed by atoms with Crippen LogP contribution in [0.3, 0.4) is 0 Å². The predicted molar refractivity (Wildman–Crippen MR) is 60.1 cm³/mol. The smallest absolute Gasteiger partial charge is 0.240 e. The molecule has 1 heterocycles. The number of halogens is 1. The Balaban J connectivity index is 2.40. The van der Waals surface area contributed by atoms with Crippen molar-refractivity contribution >= 4 is 15.9 Å². The second-order valence-electron chi connectivity index (χ2n) is 3.18. The van der Waals surface area contributed by atoms with Gasteiger partial charge in [0.2, 0.25) is 11.7 Å². The Labute approximate surface area is 95.6 Å². The fourth-order valence-corrected chi connectivity index (χ4v) is 1.57. The molecule has 0 aliphatic carbocycles. The Morgan fingerprint density at radius 1 is 1.47 bits per heavy atom. The highest BCUT2D eigenvalue weighted by atomic mass is 79.9. The molecule has 0 spiro atoms. The molecule has 0 saturated heterocycles. The molecule has 2 aromatic rings. The maximum Gasteiger partial charge on any atom is 0.240 e. The highest BCUT2D eigenvalue weighted by Crippen LogP contribution is 2.23. The quantitative estimate of drug-likeness (QED) is 0.907. The van der Waals surface area contributed by atoms with Crippen LogP contribution >= 0.6 is 15.9 Å². The first-order chi connectivity index (χ1) is 7.20. The molecular formula is C10H10BrN3O. The van der Waals surface area contributed by atoms with E-state index in [0.717, 1.165) is 10.0 Å². The number of hydrogen-bond acceptors (Lipinski definition) is 4. The van der Waals surface area contributed by atoms with Gasteiger partial charge < -0.3 is 10.3 Å². The van der Waals surface area contributed by atoms with Gasteiger partial charge in [0, 0.05) is 10.0 Å². The second-order valence-corrected chi connectivity index (χ2v) is 4.03. The van der Waals surface area contributed by atoms with Gasteiger partial charge in [0.15, 0.2) is 0 Å². The lowest BCUT2D eigenvalue weighted by Crippen LogP contribution is -1.95. The molecule has 15 heavy (non-hydrogen) atoms. The standard InChI is InChI=1S/C10H10BrN3O/c1-6-2-3-7(4-8(6)11)10-13-9(5-12)15-14-10/h2-4H,5,12H2,1H3. The van der Waals surface area contributed by atoms with Crippen molar-refractivity contribution in [1.82, 2.24) is 10.1 Å². The molecular weight excluding hydrogens is 258 g/mol. The molecule has 5 heteroatoms. The van der Waals surface area contributed by atoms with Gasteiger partial charge >= 0.3 is 0 Å². The molecule has 78 valence electrons. The van der Waals surface area contributed by atoms with Crippen LogP contribution in [0.5, 0.6) is 0 Å². The Kier molecular flexibility index (Phi) is 2.83. The lowest BCUT2D eigenvalue weighted by atomic mass is 10.1. The number of nitrogens with two attached hydrogens (primary N) is 1. The number of aromatic nitrogens is 2. The molecule has 0 amide bonds. The molecule has 1 aromatic carbocycles. The third kappa shape index (κ3) is 2.08. The van der Waals surface area contributed by atoms with Crippen LogP contribution in [0.1, 0.15) is 11.5 Å². The minimum atomic E-state index is 0.264. The van der Waals surface area contributed by atoms with Crippen LogP contribution in [0.15, 0.2) is 27.2 Å². The zero-order chi connectivity index (χ0) is 10.8. The summed E-state index contributed by atoms with van der Waals surface area (Å²) in [4.78, 5) is 4.15. The van der Waals surface area contributed by atoms with Crippen molar-refractivity contribution in [3.05, 3.63) is 34.1 Å². The van der Waals surface area contributed by atoms with Crippen LogP contribution in [0.2, 0.25) is 0 Å². The number of aryl methyl sites for hydroxylation is 1. The summed E-state index contributed by atoms with van der Waals surface area (Å²) in [5.41, 5.74) is 7.47. The Morgan fingerprint density at radius 3 is 2.87 bits per heavy atom. The van der Waals surface area contributed by atoms with Crippen LogP contribution in [0, 0.1) is 6.92 Å². The minimum absolute atomic E-state index is 0.264. The molecule has 0 unspecified atom stereocenters. The fourth-order valence-electron chi connectivity index (χ4n) is 1.19. The molecule has 0 aliphatic heterocycles. The van der Waals surface area contributed by atoms with Crippen molar-refractivity contribution in [1.29, 1.82) is 0 Å². The normalized spacial score (nSPS) is 10.6. The van der Waals surface area contributed by atoms with Gasteiger partial charge in [-0.25, -0.2) is 0 Å². The Morgan fingerprint density at radius 2 is 2.27 bits per heavy atom. The summed E-state index contributed by atoms with van der Waals surface area (Å²) in [6.45, 7) is 2.29. The maximum absolute atomic E-state index is 5.39. The van der Waals surface area contributed by atoms with Gasteiger partial charge in [-0.3, -0.25) is 0 Å². The molecule has 0 fully saturated rings. The van der Waals surface area contributed by atoms with Gasteiger partial charge in [-0.2, -0.15) is 4.98 Å². The minimum Gasteiger partial charge on any atom is -0.338 e. The first-order valence-electron chi connectivity index (χ1n) is 4.50. The van der Waals surface area contributed by atoms with Crippen molar-refractivity contribution in [2.45, 2.75) is 13.5 Å². The number of hydrogen-bond donors (Lipinski definition) is 1. The van der Waals surface area contributed by atoms with Gasteiger partial charge in [0.25, 0.3) is 0 Å². The summed E-state index contributed by atoms with van der Waals surface area (Å²) >= 11 is 3.46. The highest BCUT2D eigenvalue weighted by molar-refractivity contribution is 9.10. The lowest BCUT2D eigenvalue weighted by molar-refractivity contribution is 0.380. The Hall–Kier alpha value is -1.20. The zero-order valence-electron chi connectivity index (χ0n) is 8.20. The van der Waals surface area contributed by atoms with E-state index in [9.17, 15) is 0 Å². The summed E-state index contributed by atoms with van der Waals surface area (Å²) in [6.07, 6.45) is 0. The molecule has 2 N–H and O–H groups in total. The van der Waals surface area contributed by atoms with Crippen molar-refractivity contribution < 1.29 is 4.52 Å². The van der Waals surface area contributed by atoms with E-state index in [1.165, 1.54) is 5.56 Å². The predicted octanol–water partition coefficient (Wildman–Crippen LogP) is 2.27. The average molecular weight is 268 g/mol. The zero-order valence-corrected chi connectivity index (χ0v) is 9.78. The van der Waals surface area contributed by atoms with Crippen LogP contribution in [0.4, 0.5) is 0 Å². The average Bonchev–Trinajstić information content (AvgIpc) is 2.70. The highest BCUT2D eigenvalue weighted by Gasteiger charge is 2.07. The molecule has 2 rings (SSSR count). The summed E-state index contributed by atoms with van der Waals surface area (Å²) in [5, 5.41) is 3.84. The summed E-state index contributed by atoms with van der Waals surface area (Å²) < 4.78 is 5.96. The van der Waals surface area contributed by atoms with Gasteiger partial charge in [-0.05, 0) is 18.6 Å². The molecule has 0 aliphatic rings. The van der Waals surface area contributed by atoms with E-state index < -0.39 is 0 Å². The first-order valence-corrected chi connectivity index (χ1v) is 5.29. The van der Waals surface area contributed by atoms with E-state index in [4.69, 9.17) is 10.3 Å². The van der Waals surface area contributed by atoms with Crippen LogP contribution in [-0.2, 0) is 6.54 Å². The van der Waals surface area contributed by atoms with E-state index in [0.29, 0.717) is 11.7 Å². The van der Waals surface area contributed by atoms with Gasteiger partial charge in [0.1, 0.15) is 0 Å². The summed E-state index contributed by atoms with van der Waals surface area (Å²) in [6, 6.07) is 5.91. The van der Waals surface area contributed by atoms with E-state index in [2.05, 4.69) is 26.1 Å². The molecule has 0 bridgehead atoms. The monoisotopic (exact) mass is 267 g/mol. The SMILES string of the molecule is Cc1ccc(-c2noc(CN)n2)cc1Br. The van der Waals surface area contributed by atoms with Crippen molar-refractivity contribution in [2.75, 3.05) is 0 Å². The summed E-state index contributed by atoms with van der Waals surface area (Å²) in [7, 11) is 0. The topological polar surface area (TPSA) is 64.9 Å². The number of benzene rings is 1. The summed E-state index contributed by atoms with van der Waals surface area (Å²) in [5.74, 6) is 1.01. The molecule has 0 atom stereocenters. The van der Waals surface area contributed by atoms with Gasteiger partial charge in [0.05, 0.1) is 6.54 Å². The van der Waals surface area contributed by atoms with Crippen LogP contribution in [0.25, 0.3) is 11.4 Å². The van der Waals surface area contributed by atoms with Crippen LogP contribution < -0.4 is 5.73 Å². The Bertz CT molecular complexity index is 481. The third-order valence-corrected chi connectivity index (χ3v) is 2.93. The fraction of sp³-hybridized carbons (Fsp3) is 0.200. The van der Waals surface area contributed by atoms with Gasteiger partial charge in [-0.1, -0.05) is 33.2 Å². The van der Waals surface area contributed by atoms with Crippen LogP contribution in [-0.4, -0.2) is 10.1 Å². The second kappa shape index (κ2) is 4.12. The van der Waals surface area contributed by atoms with E-state index in [1.807, 2.05) is 25.1 Å². The molecule has 1 aromatic heterocycles. The lowest BCUT2D eigenvalue weighted by Gasteiger charge is -1.99. The number of rotatable bonds is 2. The van der Waals surface area contributed by atoms with E-state index in [-0.39, 0.29) is 6.54 Å². The molecule has 0 saturated carbocycles. The largest absolute Gasteiger partial charge is 0.338 e. The van der Waals surface area contributed by atoms with Crippen molar-refractivity contribution in [2.24, 2.45) is 5.73 Å². The molecule has 4 nitrogen and oxygen atoms in total. The van der Waals surface area contributed by atoms with Gasteiger partial charge in [-0.15, -0.1) is 0 Å².